The average molecular weight is 398 g/mol. The second-order valence-electron chi connectivity index (χ2n) is 7.36. The van der Waals surface area contributed by atoms with Crippen molar-refractivity contribution in [1.82, 2.24) is 15.1 Å². The van der Waals surface area contributed by atoms with Crippen LogP contribution in [-0.4, -0.2) is 81.8 Å². The molecule has 0 bridgehead atoms. The SMILES string of the molecule is COCC(C)N1CCC(Oc2ccc(C(=O)NCCN(C)C)cc2Cl)CC1. The molecule has 1 saturated heterocycles. The predicted molar refractivity (Wildman–Crippen MR) is 109 cm³/mol. The molecule has 1 N–H and O–H groups in total. The summed E-state index contributed by atoms with van der Waals surface area (Å²) in [6.45, 7) is 6.29. The third kappa shape index (κ3) is 6.96. The van der Waals surface area contributed by atoms with Gasteiger partial charge in [0.05, 0.1) is 11.6 Å². The molecule has 27 heavy (non-hydrogen) atoms. The van der Waals surface area contributed by atoms with Crippen LogP contribution in [0.25, 0.3) is 0 Å². The van der Waals surface area contributed by atoms with E-state index in [1.807, 2.05) is 19.0 Å². The molecule has 1 atom stereocenters. The lowest BCUT2D eigenvalue weighted by molar-refractivity contribution is 0.0475. The zero-order chi connectivity index (χ0) is 19.8. The molecule has 0 spiro atoms. The number of carbonyl (C=O) groups is 1. The minimum absolute atomic E-state index is 0.120. The number of benzene rings is 1. The fourth-order valence-electron chi connectivity index (χ4n) is 3.19. The number of nitrogens with zero attached hydrogens (tertiary/aromatic N) is 2. The van der Waals surface area contributed by atoms with Gasteiger partial charge in [-0.1, -0.05) is 11.6 Å². The van der Waals surface area contributed by atoms with Crippen LogP contribution in [0.1, 0.15) is 30.1 Å². The van der Waals surface area contributed by atoms with Gasteiger partial charge in [0.1, 0.15) is 11.9 Å². The van der Waals surface area contributed by atoms with Gasteiger partial charge < -0.3 is 19.7 Å². The van der Waals surface area contributed by atoms with Crippen LogP contribution in [0.4, 0.5) is 0 Å². The molecular formula is C20H32ClN3O3. The molecule has 1 aliphatic heterocycles. The van der Waals surface area contributed by atoms with Gasteiger partial charge >= 0.3 is 0 Å². The number of amides is 1. The summed E-state index contributed by atoms with van der Waals surface area (Å²) in [6, 6.07) is 5.66. The minimum Gasteiger partial charge on any atom is -0.489 e. The third-order valence-corrected chi connectivity index (χ3v) is 5.14. The summed E-state index contributed by atoms with van der Waals surface area (Å²) >= 11 is 6.36. The summed E-state index contributed by atoms with van der Waals surface area (Å²) in [5.74, 6) is 0.524. The van der Waals surface area contributed by atoms with Crippen LogP contribution in [-0.2, 0) is 4.74 Å². The van der Waals surface area contributed by atoms with Gasteiger partial charge in [-0.25, -0.2) is 0 Å². The Balaban J connectivity index is 1.85. The minimum atomic E-state index is -0.120. The zero-order valence-electron chi connectivity index (χ0n) is 16.8. The van der Waals surface area contributed by atoms with E-state index in [9.17, 15) is 4.79 Å². The van der Waals surface area contributed by atoms with Crippen molar-refractivity contribution in [2.45, 2.75) is 31.9 Å². The molecule has 1 fully saturated rings. The summed E-state index contributed by atoms with van der Waals surface area (Å²) in [4.78, 5) is 16.6. The van der Waals surface area contributed by atoms with Crippen LogP contribution >= 0.6 is 11.6 Å². The van der Waals surface area contributed by atoms with Crippen molar-refractivity contribution in [2.24, 2.45) is 0 Å². The Kier molecular flexibility index (Phi) is 8.83. The highest BCUT2D eigenvalue weighted by Gasteiger charge is 2.24. The fraction of sp³-hybridized carbons (Fsp3) is 0.650. The first-order chi connectivity index (χ1) is 12.9. The zero-order valence-corrected chi connectivity index (χ0v) is 17.6. The van der Waals surface area contributed by atoms with Gasteiger partial charge in [0.25, 0.3) is 5.91 Å². The maximum Gasteiger partial charge on any atom is 0.251 e. The number of hydrogen-bond donors (Lipinski definition) is 1. The number of nitrogens with one attached hydrogen (secondary N) is 1. The van der Waals surface area contributed by atoms with Crippen molar-refractivity contribution in [3.05, 3.63) is 28.8 Å². The van der Waals surface area contributed by atoms with E-state index in [4.69, 9.17) is 21.1 Å². The number of methoxy groups -OCH3 is 1. The molecule has 6 nitrogen and oxygen atoms in total. The Morgan fingerprint density at radius 3 is 2.67 bits per heavy atom. The van der Waals surface area contributed by atoms with E-state index >= 15 is 0 Å². The van der Waals surface area contributed by atoms with Crippen LogP contribution in [0, 0.1) is 0 Å². The van der Waals surface area contributed by atoms with Crippen LogP contribution < -0.4 is 10.1 Å². The van der Waals surface area contributed by atoms with Crippen molar-refractivity contribution in [3.63, 3.8) is 0 Å². The number of likely N-dealkylation sites (N-methyl/N-ethyl adjacent to an activating group) is 1. The largest absolute Gasteiger partial charge is 0.489 e. The molecule has 152 valence electrons. The Hall–Kier alpha value is -1.34. The molecule has 1 aromatic carbocycles. The maximum absolute atomic E-state index is 12.2. The monoisotopic (exact) mass is 397 g/mol. The number of hydrogen-bond acceptors (Lipinski definition) is 5. The quantitative estimate of drug-likeness (QED) is 0.693. The summed E-state index contributed by atoms with van der Waals surface area (Å²) in [5.41, 5.74) is 0.550. The Labute approximate surface area is 167 Å². The maximum atomic E-state index is 12.2. The number of halogens is 1. The van der Waals surface area contributed by atoms with Crippen molar-refractivity contribution in [1.29, 1.82) is 0 Å². The van der Waals surface area contributed by atoms with Crippen LogP contribution in [0.2, 0.25) is 5.02 Å². The first-order valence-electron chi connectivity index (χ1n) is 9.52. The van der Waals surface area contributed by atoms with E-state index in [1.165, 1.54) is 0 Å². The molecule has 1 amide bonds. The predicted octanol–water partition coefficient (Wildman–Crippen LogP) is 2.51. The van der Waals surface area contributed by atoms with E-state index in [1.54, 1.807) is 25.3 Å². The Bertz CT molecular complexity index is 604. The van der Waals surface area contributed by atoms with E-state index in [0.717, 1.165) is 39.1 Å². The van der Waals surface area contributed by atoms with Gasteiger partial charge in [0, 0.05) is 44.9 Å². The number of piperidine rings is 1. The normalized spacial score (nSPS) is 17.1. The topological polar surface area (TPSA) is 54.0 Å². The lowest BCUT2D eigenvalue weighted by atomic mass is 10.1. The van der Waals surface area contributed by atoms with Crippen molar-refractivity contribution in [2.75, 3.05) is 54.0 Å². The van der Waals surface area contributed by atoms with E-state index < -0.39 is 0 Å². The lowest BCUT2D eigenvalue weighted by Gasteiger charge is -2.35. The second-order valence-corrected chi connectivity index (χ2v) is 7.77. The molecule has 2 rings (SSSR count). The molecule has 7 heteroatoms. The van der Waals surface area contributed by atoms with Gasteiger partial charge in [-0.15, -0.1) is 0 Å². The molecule has 0 aromatic heterocycles. The van der Waals surface area contributed by atoms with Crippen LogP contribution in [0.3, 0.4) is 0 Å². The summed E-state index contributed by atoms with van der Waals surface area (Å²) in [6.07, 6.45) is 2.06. The van der Waals surface area contributed by atoms with Gasteiger partial charge in [-0.3, -0.25) is 9.69 Å². The van der Waals surface area contributed by atoms with Crippen LogP contribution in [0.5, 0.6) is 5.75 Å². The van der Waals surface area contributed by atoms with Crippen molar-refractivity contribution >= 4 is 17.5 Å². The first kappa shape index (κ1) is 22.0. The standard InChI is InChI=1S/C20H32ClN3O3/c1-15(14-26-4)24-10-7-17(8-11-24)27-19-6-5-16(13-18(19)21)20(25)22-9-12-23(2)3/h5-6,13,15,17H,7-12,14H2,1-4H3,(H,22,25). The third-order valence-electron chi connectivity index (χ3n) is 4.84. The summed E-state index contributed by atoms with van der Waals surface area (Å²) < 4.78 is 11.3. The molecule has 0 aliphatic carbocycles. The van der Waals surface area contributed by atoms with Gasteiger partial charge in [-0.05, 0) is 52.1 Å². The van der Waals surface area contributed by atoms with Gasteiger partial charge in [0.2, 0.25) is 0 Å². The summed E-state index contributed by atoms with van der Waals surface area (Å²) in [7, 11) is 5.68. The van der Waals surface area contributed by atoms with Crippen molar-refractivity contribution < 1.29 is 14.3 Å². The van der Waals surface area contributed by atoms with Gasteiger partial charge in [0.15, 0.2) is 0 Å². The number of rotatable bonds is 9. The Morgan fingerprint density at radius 2 is 2.07 bits per heavy atom. The smallest absolute Gasteiger partial charge is 0.251 e. The molecule has 1 heterocycles. The number of likely N-dealkylation sites (tertiary alicyclic amines) is 1. The first-order valence-corrected chi connectivity index (χ1v) is 9.90. The molecule has 1 unspecified atom stereocenters. The highest BCUT2D eigenvalue weighted by Crippen LogP contribution is 2.28. The van der Waals surface area contributed by atoms with Crippen molar-refractivity contribution in [3.8, 4) is 5.75 Å². The summed E-state index contributed by atoms with van der Waals surface area (Å²) in [5, 5.41) is 3.37. The van der Waals surface area contributed by atoms with E-state index in [2.05, 4.69) is 17.1 Å². The molecule has 0 radical (unpaired) electrons. The van der Waals surface area contributed by atoms with Crippen LogP contribution in [0.15, 0.2) is 18.2 Å². The molecular weight excluding hydrogens is 366 g/mol. The van der Waals surface area contributed by atoms with E-state index in [0.29, 0.717) is 28.9 Å². The molecule has 1 aliphatic rings. The second kappa shape index (κ2) is 10.9. The highest BCUT2D eigenvalue weighted by molar-refractivity contribution is 6.32. The average Bonchev–Trinajstić information content (AvgIpc) is 2.63. The highest BCUT2D eigenvalue weighted by atomic mass is 35.5. The lowest BCUT2D eigenvalue weighted by Crippen LogP contribution is -2.44. The van der Waals surface area contributed by atoms with Gasteiger partial charge in [-0.2, -0.15) is 0 Å². The van der Waals surface area contributed by atoms with E-state index in [-0.39, 0.29) is 12.0 Å². The molecule has 1 aromatic rings. The fourth-order valence-corrected chi connectivity index (χ4v) is 3.42. The Morgan fingerprint density at radius 1 is 1.37 bits per heavy atom. The number of carbonyl (C=O) groups excluding carboxylic acids is 1. The number of ether oxygens (including phenoxy) is 2. The molecule has 0 saturated carbocycles.